The predicted octanol–water partition coefficient (Wildman–Crippen LogP) is 1.10. The van der Waals surface area contributed by atoms with Crippen molar-refractivity contribution in [1.29, 1.82) is 0 Å². The molecule has 1 aliphatic rings. The van der Waals surface area contributed by atoms with Crippen molar-refractivity contribution in [2.24, 2.45) is 0 Å². The van der Waals surface area contributed by atoms with Gasteiger partial charge in [0.15, 0.2) is 0 Å². The summed E-state index contributed by atoms with van der Waals surface area (Å²) in [5.74, 6) is 0.0502. The maximum atomic E-state index is 11.7. The van der Waals surface area contributed by atoms with Gasteiger partial charge in [0.1, 0.15) is 0 Å². The molecule has 5 heteroatoms. The number of aromatic nitrogens is 1. The predicted molar refractivity (Wildman–Crippen MR) is 62.1 cm³/mol. The van der Waals surface area contributed by atoms with Crippen molar-refractivity contribution in [2.75, 3.05) is 6.54 Å². The van der Waals surface area contributed by atoms with Crippen LogP contribution >= 0.6 is 11.6 Å². The van der Waals surface area contributed by atoms with Gasteiger partial charge >= 0.3 is 0 Å². The van der Waals surface area contributed by atoms with E-state index in [9.17, 15) is 4.79 Å². The number of carbonyl (C=O) groups excluding carboxylic acids is 1. The van der Waals surface area contributed by atoms with Gasteiger partial charge in [0, 0.05) is 6.20 Å². The van der Waals surface area contributed by atoms with Gasteiger partial charge in [-0.05, 0) is 31.5 Å². The number of pyridine rings is 1. The number of nitrogens with one attached hydrogen (secondary N) is 2. The minimum absolute atomic E-state index is 0.0349. The van der Waals surface area contributed by atoms with Crippen LogP contribution in [0.15, 0.2) is 18.3 Å². The SMILES string of the molecule is O=C(NCc1ccc(Cl)cn1)[C@@H]1CCCN1. The Morgan fingerprint density at radius 3 is 3.12 bits per heavy atom. The number of carbonyl (C=O) groups is 1. The van der Waals surface area contributed by atoms with Crippen molar-refractivity contribution in [3.05, 3.63) is 29.0 Å². The van der Waals surface area contributed by atoms with E-state index in [1.165, 1.54) is 0 Å². The fourth-order valence-electron chi connectivity index (χ4n) is 1.72. The Labute approximate surface area is 99.4 Å². The first kappa shape index (κ1) is 11.4. The van der Waals surface area contributed by atoms with E-state index in [4.69, 9.17) is 11.6 Å². The van der Waals surface area contributed by atoms with Crippen LogP contribution in [0.3, 0.4) is 0 Å². The monoisotopic (exact) mass is 239 g/mol. The average molecular weight is 240 g/mol. The maximum Gasteiger partial charge on any atom is 0.237 e. The molecule has 4 nitrogen and oxygen atoms in total. The Hall–Kier alpha value is -1.13. The zero-order valence-corrected chi connectivity index (χ0v) is 9.63. The topological polar surface area (TPSA) is 54.0 Å². The first-order valence-electron chi connectivity index (χ1n) is 5.37. The molecule has 1 aromatic rings. The van der Waals surface area contributed by atoms with Gasteiger partial charge < -0.3 is 10.6 Å². The number of halogens is 1. The molecule has 0 bridgehead atoms. The van der Waals surface area contributed by atoms with E-state index in [1.54, 1.807) is 12.3 Å². The summed E-state index contributed by atoms with van der Waals surface area (Å²) in [5.41, 5.74) is 0.816. The third kappa shape index (κ3) is 2.93. The minimum Gasteiger partial charge on any atom is -0.349 e. The van der Waals surface area contributed by atoms with Crippen LogP contribution in [0.2, 0.25) is 5.02 Å². The highest BCUT2D eigenvalue weighted by Crippen LogP contribution is 2.07. The number of hydrogen-bond donors (Lipinski definition) is 2. The van der Waals surface area contributed by atoms with Crippen molar-refractivity contribution in [3.63, 3.8) is 0 Å². The molecule has 86 valence electrons. The lowest BCUT2D eigenvalue weighted by Gasteiger charge is -2.10. The number of nitrogens with zero attached hydrogens (tertiary/aromatic N) is 1. The van der Waals surface area contributed by atoms with Crippen molar-refractivity contribution in [1.82, 2.24) is 15.6 Å². The summed E-state index contributed by atoms with van der Waals surface area (Å²) >= 11 is 5.72. The molecule has 1 aromatic heterocycles. The van der Waals surface area contributed by atoms with E-state index < -0.39 is 0 Å². The van der Waals surface area contributed by atoms with E-state index in [0.29, 0.717) is 11.6 Å². The van der Waals surface area contributed by atoms with Crippen LogP contribution in [0.1, 0.15) is 18.5 Å². The third-order valence-electron chi connectivity index (χ3n) is 2.61. The standard InChI is InChI=1S/C11H14ClN3O/c12-8-3-4-9(14-6-8)7-15-11(16)10-2-1-5-13-10/h3-4,6,10,13H,1-2,5,7H2,(H,15,16)/t10-/m0/s1. The van der Waals surface area contributed by atoms with Gasteiger partial charge in [0.05, 0.1) is 23.3 Å². The van der Waals surface area contributed by atoms with Crippen molar-refractivity contribution < 1.29 is 4.79 Å². The molecule has 1 aliphatic heterocycles. The first-order valence-corrected chi connectivity index (χ1v) is 5.75. The largest absolute Gasteiger partial charge is 0.349 e. The molecule has 0 unspecified atom stereocenters. The van der Waals surface area contributed by atoms with Gasteiger partial charge in [-0.2, -0.15) is 0 Å². The lowest BCUT2D eigenvalue weighted by Crippen LogP contribution is -2.40. The second-order valence-electron chi connectivity index (χ2n) is 3.83. The first-order chi connectivity index (χ1) is 7.75. The molecule has 2 N–H and O–H groups in total. The average Bonchev–Trinajstić information content (AvgIpc) is 2.81. The number of rotatable bonds is 3. The summed E-state index contributed by atoms with van der Waals surface area (Å²) < 4.78 is 0. The molecule has 0 spiro atoms. The highest BCUT2D eigenvalue weighted by molar-refractivity contribution is 6.30. The quantitative estimate of drug-likeness (QED) is 0.831. The molecule has 0 saturated carbocycles. The summed E-state index contributed by atoms with van der Waals surface area (Å²) in [6, 6.07) is 3.54. The molecule has 1 fully saturated rings. The van der Waals surface area contributed by atoms with Gasteiger partial charge in [-0.15, -0.1) is 0 Å². The highest BCUT2D eigenvalue weighted by atomic mass is 35.5. The molecule has 1 amide bonds. The Morgan fingerprint density at radius 2 is 2.50 bits per heavy atom. The van der Waals surface area contributed by atoms with E-state index in [-0.39, 0.29) is 11.9 Å². The van der Waals surface area contributed by atoms with Crippen LogP contribution in [-0.2, 0) is 11.3 Å². The molecule has 2 rings (SSSR count). The summed E-state index contributed by atoms with van der Waals surface area (Å²) in [5, 5.41) is 6.61. The van der Waals surface area contributed by atoms with Crippen LogP contribution in [0.5, 0.6) is 0 Å². The van der Waals surface area contributed by atoms with Crippen LogP contribution < -0.4 is 10.6 Å². The van der Waals surface area contributed by atoms with Crippen LogP contribution in [0.4, 0.5) is 0 Å². The van der Waals surface area contributed by atoms with E-state index in [2.05, 4.69) is 15.6 Å². The zero-order valence-electron chi connectivity index (χ0n) is 8.87. The third-order valence-corrected chi connectivity index (χ3v) is 2.83. The second kappa shape index (κ2) is 5.27. The molecule has 0 radical (unpaired) electrons. The maximum absolute atomic E-state index is 11.7. The molecule has 0 aromatic carbocycles. The fourth-order valence-corrected chi connectivity index (χ4v) is 1.83. The summed E-state index contributed by atoms with van der Waals surface area (Å²) in [6.07, 6.45) is 3.56. The lowest BCUT2D eigenvalue weighted by atomic mass is 10.2. The van der Waals surface area contributed by atoms with E-state index >= 15 is 0 Å². The Bertz CT molecular complexity index is 360. The van der Waals surface area contributed by atoms with Gasteiger partial charge in [0.25, 0.3) is 0 Å². The molecular weight excluding hydrogens is 226 g/mol. The normalized spacial score (nSPS) is 19.7. The zero-order chi connectivity index (χ0) is 11.4. The summed E-state index contributed by atoms with van der Waals surface area (Å²) in [6.45, 7) is 1.38. The van der Waals surface area contributed by atoms with Crippen LogP contribution in [0.25, 0.3) is 0 Å². The van der Waals surface area contributed by atoms with Gasteiger partial charge in [-0.25, -0.2) is 0 Å². The Balaban J connectivity index is 1.82. The molecule has 1 atom stereocenters. The van der Waals surface area contributed by atoms with Gasteiger partial charge in [0.2, 0.25) is 5.91 Å². The fraction of sp³-hybridized carbons (Fsp3) is 0.455. The van der Waals surface area contributed by atoms with Gasteiger partial charge in [-0.1, -0.05) is 11.6 Å². The number of amides is 1. The van der Waals surface area contributed by atoms with Crippen molar-refractivity contribution in [3.8, 4) is 0 Å². The van der Waals surface area contributed by atoms with Crippen LogP contribution in [-0.4, -0.2) is 23.5 Å². The number of hydrogen-bond acceptors (Lipinski definition) is 3. The lowest BCUT2D eigenvalue weighted by molar-refractivity contribution is -0.122. The molecule has 0 aliphatic carbocycles. The highest BCUT2D eigenvalue weighted by Gasteiger charge is 2.21. The molecule has 1 saturated heterocycles. The van der Waals surface area contributed by atoms with E-state index in [1.807, 2.05) is 6.07 Å². The molecule has 2 heterocycles. The minimum atomic E-state index is -0.0349. The Kier molecular flexibility index (Phi) is 3.74. The molecule has 16 heavy (non-hydrogen) atoms. The van der Waals surface area contributed by atoms with Crippen molar-refractivity contribution >= 4 is 17.5 Å². The molecular formula is C11H14ClN3O. The van der Waals surface area contributed by atoms with E-state index in [0.717, 1.165) is 25.1 Å². The van der Waals surface area contributed by atoms with Crippen LogP contribution in [0, 0.1) is 0 Å². The summed E-state index contributed by atoms with van der Waals surface area (Å²) in [4.78, 5) is 15.8. The smallest absolute Gasteiger partial charge is 0.237 e. The summed E-state index contributed by atoms with van der Waals surface area (Å²) in [7, 11) is 0. The Morgan fingerprint density at radius 1 is 1.62 bits per heavy atom. The van der Waals surface area contributed by atoms with Gasteiger partial charge in [-0.3, -0.25) is 9.78 Å². The van der Waals surface area contributed by atoms with Crippen molar-refractivity contribution in [2.45, 2.75) is 25.4 Å². The second-order valence-corrected chi connectivity index (χ2v) is 4.27.